The minimum atomic E-state index is 0.0166. The highest BCUT2D eigenvalue weighted by Crippen LogP contribution is 2.35. The highest BCUT2D eigenvalue weighted by molar-refractivity contribution is 6.02. The van der Waals surface area contributed by atoms with Gasteiger partial charge in [0.25, 0.3) is 0 Å². The van der Waals surface area contributed by atoms with E-state index >= 15 is 0 Å². The van der Waals surface area contributed by atoms with Gasteiger partial charge >= 0.3 is 0 Å². The molecule has 7 nitrogen and oxygen atoms in total. The van der Waals surface area contributed by atoms with Gasteiger partial charge in [-0.3, -0.25) is 9.48 Å². The second-order valence-electron chi connectivity index (χ2n) is 6.44. The summed E-state index contributed by atoms with van der Waals surface area (Å²) < 4.78 is 1.71. The van der Waals surface area contributed by atoms with E-state index in [0.717, 1.165) is 34.7 Å². The van der Waals surface area contributed by atoms with Gasteiger partial charge in [-0.05, 0) is 36.3 Å². The third-order valence-corrected chi connectivity index (χ3v) is 4.48. The van der Waals surface area contributed by atoms with E-state index in [1.54, 1.807) is 17.1 Å². The second kappa shape index (κ2) is 6.08. The molecule has 4 rings (SSSR count). The summed E-state index contributed by atoms with van der Waals surface area (Å²) >= 11 is 0. The molecule has 7 heteroatoms. The number of nitrogens with one attached hydrogen (secondary N) is 1. The van der Waals surface area contributed by atoms with Crippen LogP contribution in [0.25, 0.3) is 21.9 Å². The number of anilines is 2. The van der Waals surface area contributed by atoms with Crippen molar-refractivity contribution in [3.63, 3.8) is 0 Å². The fraction of sp³-hybridized carbons (Fsp3) is 0.211. The molecule has 0 atom stereocenters. The summed E-state index contributed by atoms with van der Waals surface area (Å²) in [5.74, 6) is 3.53. The van der Waals surface area contributed by atoms with Gasteiger partial charge in [-0.1, -0.05) is 0 Å². The maximum absolute atomic E-state index is 12.0. The van der Waals surface area contributed by atoms with Crippen LogP contribution in [0.5, 0.6) is 0 Å². The van der Waals surface area contributed by atoms with Crippen LogP contribution < -0.4 is 16.8 Å². The molecule has 2 heterocycles. The van der Waals surface area contributed by atoms with Crippen LogP contribution in [0.1, 0.15) is 18.4 Å². The number of carbonyl (C=O) groups is 1. The topological polar surface area (TPSA) is 112 Å². The molecule has 0 bridgehead atoms. The first kappa shape index (κ1) is 16.0. The van der Waals surface area contributed by atoms with Crippen LogP contribution in [0.15, 0.2) is 30.7 Å². The van der Waals surface area contributed by atoms with E-state index in [1.807, 2.05) is 25.4 Å². The highest BCUT2D eigenvalue weighted by atomic mass is 16.2. The quantitative estimate of drug-likeness (QED) is 0.380. The molecule has 130 valence electrons. The molecule has 26 heavy (non-hydrogen) atoms. The molecule has 0 aliphatic heterocycles. The molecule has 0 spiro atoms. The van der Waals surface area contributed by atoms with Crippen molar-refractivity contribution in [2.45, 2.75) is 12.8 Å². The number of pyridine rings is 1. The van der Waals surface area contributed by atoms with Gasteiger partial charge in [0, 0.05) is 47.9 Å². The zero-order valence-electron chi connectivity index (χ0n) is 14.3. The van der Waals surface area contributed by atoms with Crippen molar-refractivity contribution in [1.29, 1.82) is 0 Å². The third-order valence-electron chi connectivity index (χ3n) is 4.48. The largest absolute Gasteiger partial charge is 0.397 e. The maximum atomic E-state index is 12.0. The number of aromatic nitrogens is 3. The lowest BCUT2D eigenvalue weighted by molar-refractivity contribution is -0.117. The van der Waals surface area contributed by atoms with E-state index in [0.29, 0.717) is 17.1 Å². The Labute approximate surface area is 150 Å². The molecule has 0 radical (unpaired) electrons. The fourth-order valence-corrected chi connectivity index (χ4v) is 2.96. The number of carbonyl (C=O) groups excluding carboxylic acids is 1. The summed E-state index contributed by atoms with van der Waals surface area (Å²) in [6.45, 7) is 0. The number of hydrogen-bond acceptors (Lipinski definition) is 5. The predicted molar refractivity (Wildman–Crippen MR) is 101 cm³/mol. The molecule has 0 unspecified atom stereocenters. The van der Waals surface area contributed by atoms with E-state index in [-0.39, 0.29) is 11.8 Å². The SMILES string of the molecule is Cn1cc(-c2cc3cc(NC(=O)C4CC4)ncc3c(N)c2C#CN)cn1. The van der Waals surface area contributed by atoms with Crippen molar-refractivity contribution in [2.75, 3.05) is 11.1 Å². The van der Waals surface area contributed by atoms with E-state index in [9.17, 15) is 4.79 Å². The molecular formula is C19H18N6O. The van der Waals surface area contributed by atoms with Crippen molar-refractivity contribution in [3.05, 3.63) is 36.3 Å². The second-order valence-corrected chi connectivity index (χ2v) is 6.44. The summed E-state index contributed by atoms with van der Waals surface area (Å²) in [7, 11) is 1.84. The Morgan fingerprint density at radius 3 is 2.81 bits per heavy atom. The number of aryl methyl sites for hydroxylation is 1. The van der Waals surface area contributed by atoms with Crippen LogP contribution in [-0.2, 0) is 11.8 Å². The lowest BCUT2D eigenvalue weighted by Crippen LogP contribution is -2.14. The average Bonchev–Trinajstić information content (AvgIpc) is 3.39. The lowest BCUT2D eigenvalue weighted by Gasteiger charge is -2.12. The summed E-state index contributed by atoms with van der Waals surface area (Å²) in [5, 5.41) is 8.71. The van der Waals surface area contributed by atoms with Gasteiger partial charge in [0.2, 0.25) is 5.91 Å². The van der Waals surface area contributed by atoms with Gasteiger partial charge in [0.15, 0.2) is 0 Å². The maximum Gasteiger partial charge on any atom is 0.228 e. The smallest absolute Gasteiger partial charge is 0.228 e. The first-order valence-corrected chi connectivity index (χ1v) is 8.30. The van der Waals surface area contributed by atoms with Crippen LogP contribution in [0, 0.1) is 17.9 Å². The Bertz CT molecular complexity index is 1080. The van der Waals surface area contributed by atoms with Gasteiger partial charge in [0.1, 0.15) is 5.82 Å². The molecule has 1 aliphatic carbocycles. The van der Waals surface area contributed by atoms with Gasteiger partial charge < -0.3 is 16.8 Å². The molecule has 1 amide bonds. The number of nitrogens with two attached hydrogens (primary N) is 2. The van der Waals surface area contributed by atoms with E-state index in [2.05, 4.69) is 27.4 Å². The molecule has 1 saturated carbocycles. The lowest BCUT2D eigenvalue weighted by atomic mass is 9.96. The van der Waals surface area contributed by atoms with E-state index in [4.69, 9.17) is 11.5 Å². The number of fused-ring (bicyclic) bond motifs is 1. The number of nitrogen functional groups attached to an aromatic ring is 1. The van der Waals surface area contributed by atoms with E-state index < -0.39 is 0 Å². The zero-order valence-corrected chi connectivity index (χ0v) is 14.3. The first-order chi connectivity index (χ1) is 12.6. The first-order valence-electron chi connectivity index (χ1n) is 8.30. The average molecular weight is 346 g/mol. The molecule has 3 aromatic rings. The Morgan fingerprint density at radius 2 is 2.15 bits per heavy atom. The van der Waals surface area contributed by atoms with Crippen molar-refractivity contribution in [1.82, 2.24) is 14.8 Å². The van der Waals surface area contributed by atoms with Crippen LogP contribution in [0.4, 0.5) is 11.5 Å². The van der Waals surface area contributed by atoms with Crippen LogP contribution >= 0.6 is 0 Å². The van der Waals surface area contributed by atoms with Gasteiger partial charge in [-0.25, -0.2) is 4.98 Å². The monoisotopic (exact) mass is 346 g/mol. The molecule has 5 N–H and O–H groups in total. The number of nitrogens with zero attached hydrogens (tertiary/aromatic N) is 3. The summed E-state index contributed by atoms with van der Waals surface area (Å²) in [4.78, 5) is 16.3. The van der Waals surface area contributed by atoms with Crippen molar-refractivity contribution in [3.8, 4) is 23.1 Å². The number of amides is 1. The Balaban J connectivity index is 1.86. The molecule has 0 saturated heterocycles. The standard InChI is InChI=1S/C19H18N6O/c1-25-10-13(8-23-25)15-6-12-7-17(24-19(26)11-2-3-11)22-9-16(12)18(21)14(15)4-5-20/h6-11H,2-3,20-21H2,1H3,(H,22,24,26). The van der Waals surface area contributed by atoms with Gasteiger partial charge in [-0.2, -0.15) is 5.10 Å². The number of benzene rings is 1. The van der Waals surface area contributed by atoms with E-state index in [1.165, 1.54) is 0 Å². The zero-order chi connectivity index (χ0) is 18.3. The Kier molecular flexibility index (Phi) is 3.73. The van der Waals surface area contributed by atoms with Crippen molar-refractivity contribution < 1.29 is 4.79 Å². The Morgan fingerprint density at radius 1 is 1.35 bits per heavy atom. The minimum absolute atomic E-state index is 0.0166. The Hall–Kier alpha value is -3.53. The fourth-order valence-electron chi connectivity index (χ4n) is 2.96. The number of rotatable bonds is 3. The molecule has 1 aromatic carbocycles. The minimum Gasteiger partial charge on any atom is -0.397 e. The van der Waals surface area contributed by atoms with Gasteiger partial charge in [-0.15, -0.1) is 0 Å². The van der Waals surface area contributed by atoms with Crippen molar-refractivity contribution in [2.24, 2.45) is 18.7 Å². The normalized spacial score (nSPS) is 13.3. The van der Waals surface area contributed by atoms with Crippen molar-refractivity contribution >= 4 is 28.2 Å². The van der Waals surface area contributed by atoms with Crippen LogP contribution in [0.2, 0.25) is 0 Å². The third kappa shape index (κ3) is 2.82. The predicted octanol–water partition coefficient (Wildman–Crippen LogP) is 1.83. The number of hydrogen-bond donors (Lipinski definition) is 3. The molecular weight excluding hydrogens is 328 g/mol. The summed E-state index contributed by atoms with van der Waals surface area (Å²) in [6, 6.07) is 6.22. The van der Waals surface area contributed by atoms with Crippen LogP contribution in [-0.4, -0.2) is 20.7 Å². The highest BCUT2D eigenvalue weighted by Gasteiger charge is 2.29. The summed E-state index contributed by atoms with van der Waals surface area (Å²) in [5.41, 5.74) is 14.7. The molecule has 1 fully saturated rings. The van der Waals surface area contributed by atoms with Crippen LogP contribution in [0.3, 0.4) is 0 Å². The van der Waals surface area contributed by atoms with Gasteiger partial charge in [0.05, 0.1) is 17.4 Å². The molecule has 2 aromatic heterocycles. The molecule has 1 aliphatic rings. The summed E-state index contributed by atoms with van der Waals surface area (Å²) in [6.07, 6.45) is 7.18.